The van der Waals surface area contributed by atoms with Crippen LogP contribution < -0.4 is 15.5 Å². The average molecular weight is 346 g/mol. The molecule has 0 aliphatic carbocycles. The number of carbonyl (C=O) groups is 2. The molecule has 134 valence electrons. The molecule has 0 aliphatic rings. The van der Waals surface area contributed by atoms with Crippen LogP contribution in [0.2, 0.25) is 0 Å². The fourth-order valence-electron chi connectivity index (χ4n) is 1.99. The van der Waals surface area contributed by atoms with Crippen molar-refractivity contribution in [1.29, 1.82) is 0 Å². The molecule has 1 aromatic carbocycles. The summed E-state index contributed by atoms with van der Waals surface area (Å²) in [6, 6.07) is 1.67. The molecule has 2 amide bonds. The Morgan fingerprint density at radius 3 is 2.33 bits per heavy atom. The highest BCUT2D eigenvalue weighted by Crippen LogP contribution is 2.19. The molecule has 0 fully saturated rings. The van der Waals surface area contributed by atoms with Crippen molar-refractivity contribution in [2.45, 2.75) is 20.3 Å². The predicted molar refractivity (Wildman–Crippen MR) is 84.0 cm³/mol. The van der Waals surface area contributed by atoms with E-state index in [0.29, 0.717) is 17.4 Å². The fourth-order valence-corrected chi connectivity index (χ4v) is 1.99. The number of halogens is 3. The Kier molecular flexibility index (Phi) is 7.70. The molecule has 24 heavy (non-hydrogen) atoms. The van der Waals surface area contributed by atoms with Crippen LogP contribution in [0.3, 0.4) is 0 Å². The van der Waals surface area contributed by atoms with Gasteiger partial charge in [0.1, 0.15) is 0 Å². The molecular formula is C16H23F3N3O2+. The molecule has 1 rings (SSSR count). The minimum atomic E-state index is -1.64. The number of anilines is 1. The average Bonchev–Trinajstić information content (AvgIpc) is 2.47. The van der Waals surface area contributed by atoms with Crippen molar-refractivity contribution in [3.63, 3.8) is 0 Å². The summed E-state index contributed by atoms with van der Waals surface area (Å²) in [6.07, 6.45) is 0.862. The Balaban J connectivity index is 2.44. The molecule has 0 spiro atoms. The van der Waals surface area contributed by atoms with Gasteiger partial charge in [-0.1, -0.05) is 13.8 Å². The second kappa shape index (κ2) is 9.27. The molecule has 0 aliphatic heterocycles. The Bertz CT molecular complexity index is 594. The van der Waals surface area contributed by atoms with Crippen LogP contribution in [0.1, 0.15) is 20.3 Å². The van der Waals surface area contributed by atoms with Gasteiger partial charge < -0.3 is 15.5 Å². The lowest BCUT2D eigenvalue weighted by atomic mass is 10.1. The maximum atomic E-state index is 13.5. The van der Waals surface area contributed by atoms with E-state index in [4.69, 9.17) is 0 Å². The van der Waals surface area contributed by atoms with Gasteiger partial charge in [0, 0.05) is 6.54 Å². The van der Waals surface area contributed by atoms with Crippen molar-refractivity contribution in [3.05, 3.63) is 29.6 Å². The van der Waals surface area contributed by atoms with Crippen LogP contribution in [0.5, 0.6) is 0 Å². The largest absolute Gasteiger partial charge is 0.351 e. The van der Waals surface area contributed by atoms with E-state index in [0.717, 1.165) is 18.6 Å². The Hall–Kier alpha value is -2.09. The summed E-state index contributed by atoms with van der Waals surface area (Å²) in [5.74, 6) is -4.74. The van der Waals surface area contributed by atoms with E-state index in [1.807, 2.05) is 13.8 Å². The van der Waals surface area contributed by atoms with Gasteiger partial charge in [0.05, 0.1) is 12.7 Å². The lowest BCUT2D eigenvalue weighted by Gasteiger charge is -2.14. The Morgan fingerprint density at radius 1 is 1.08 bits per heavy atom. The van der Waals surface area contributed by atoms with E-state index in [1.54, 1.807) is 7.05 Å². The van der Waals surface area contributed by atoms with Crippen molar-refractivity contribution in [1.82, 2.24) is 5.32 Å². The number of carbonyl (C=O) groups excluding carboxylic acids is 2. The molecular weight excluding hydrogens is 323 g/mol. The third kappa shape index (κ3) is 6.57. The van der Waals surface area contributed by atoms with E-state index in [-0.39, 0.29) is 19.0 Å². The first kappa shape index (κ1) is 20.0. The zero-order valence-corrected chi connectivity index (χ0v) is 14.0. The molecule has 0 aromatic heterocycles. The number of hydrogen-bond acceptors (Lipinski definition) is 2. The number of quaternary nitrogens is 1. The number of benzene rings is 1. The highest BCUT2D eigenvalue weighted by molar-refractivity contribution is 5.91. The smallest absolute Gasteiger partial charge is 0.279 e. The van der Waals surface area contributed by atoms with E-state index < -0.39 is 29.0 Å². The number of amides is 2. The van der Waals surface area contributed by atoms with E-state index in [1.165, 1.54) is 0 Å². The van der Waals surface area contributed by atoms with E-state index in [9.17, 15) is 22.8 Å². The summed E-state index contributed by atoms with van der Waals surface area (Å²) >= 11 is 0. The summed E-state index contributed by atoms with van der Waals surface area (Å²) in [5, 5.41) is 4.92. The first-order chi connectivity index (χ1) is 11.2. The van der Waals surface area contributed by atoms with E-state index in [2.05, 4.69) is 10.6 Å². The number of rotatable bonds is 8. The Labute approximate surface area is 139 Å². The van der Waals surface area contributed by atoms with Crippen LogP contribution >= 0.6 is 0 Å². The molecule has 1 aromatic rings. The SMILES string of the molecule is CC(C)CCNC(=O)C[NH+](C)CC(=O)Nc1ccc(F)c(F)c1F. The molecule has 0 heterocycles. The van der Waals surface area contributed by atoms with Crippen LogP contribution in [-0.4, -0.2) is 38.5 Å². The van der Waals surface area contributed by atoms with Gasteiger partial charge in [-0.25, -0.2) is 13.2 Å². The molecule has 1 atom stereocenters. The van der Waals surface area contributed by atoms with Gasteiger partial charge >= 0.3 is 0 Å². The number of likely N-dealkylation sites (N-methyl/N-ethyl adjacent to an activating group) is 1. The van der Waals surface area contributed by atoms with Crippen LogP contribution in [0.4, 0.5) is 18.9 Å². The summed E-state index contributed by atoms with van der Waals surface area (Å²) in [6.45, 7) is 4.62. The van der Waals surface area contributed by atoms with Crippen molar-refractivity contribution in [2.75, 3.05) is 32.0 Å². The zero-order chi connectivity index (χ0) is 18.3. The first-order valence-corrected chi connectivity index (χ1v) is 7.72. The molecule has 0 saturated carbocycles. The summed E-state index contributed by atoms with van der Waals surface area (Å²) in [7, 11) is 1.63. The van der Waals surface area contributed by atoms with Crippen LogP contribution in [0, 0.1) is 23.4 Å². The molecule has 1 unspecified atom stereocenters. The van der Waals surface area contributed by atoms with Gasteiger partial charge in [0.2, 0.25) is 0 Å². The topological polar surface area (TPSA) is 62.6 Å². The van der Waals surface area contributed by atoms with Gasteiger partial charge in [-0.2, -0.15) is 0 Å². The standard InChI is InChI=1S/C16H22F3N3O2/c1-10(2)6-7-20-13(23)8-22(3)9-14(24)21-12-5-4-11(17)15(18)16(12)19/h4-5,10H,6-9H2,1-3H3,(H,20,23)(H,21,24)/p+1. The highest BCUT2D eigenvalue weighted by Gasteiger charge is 2.18. The normalized spacial score (nSPS) is 12.1. The monoisotopic (exact) mass is 346 g/mol. The minimum absolute atomic E-state index is 0.0752. The summed E-state index contributed by atoms with van der Waals surface area (Å²) in [5.41, 5.74) is -0.437. The molecule has 0 saturated heterocycles. The second-order valence-electron chi connectivity index (χ2n) is 6.11. The number of hydrogen-bond donors (Lipinski definition) is 3. The van der Waals surface area contributed by atoms with Crippen molar-refractivity contribution >= 4 is 17.5 Å². The maximum absolute atomic E-state index is 13.5. The van der Waals surface area contributed by atoms with Gasteiger partial charge in [-0.05, 0) is 24.5 Å². The van der Waals surface area contributed by atoms with Crippen molar-refractivity contribution in [2.24, 2.45) is 5.92 Å². The highest BCUT2D eigenvalue weighted by atomic mass is 19.2. The quantitative estimate of drug-likeness (QED) is 0.608. The molecule has 0 bridgehead atoms. The third-order valence-corrected chi connectivity index (χ3v) is 3.28. The number of nitrogens with one attached hydrogen (secondary N) is 3. The van der Waals surface area contributed by atoms with Crippen molar-refractivity contribution < 1.29 is 27.7 Å². The van der Waals surface area contributed by atoms with E-state index >= 15 is 0 Å². The predicted octanol–water partition coefficient (Wildman–Crippen LogP) is 0.719. The van der Waals surface area contributed by atoms with Crippen LogP contribution in [-0.2, 0) is 9.59 Å². The van der Waals surface area contributed by atoms with Crippen LogP contribution in [0.15, 0.2) is 12.1 Å². The summed E-state index contributed by atoms with van der Waals surface area (Å²) in [4.78, 5) is 24.1. The molecule has 3 N–H and O–H groups in total. The minimum Gasteiger partial charge on any atom is -0.351 e. The first-order valence-electron chi connectivity index (χ1n) is 7.72. The van der Waals surface area contributed by atoms with Crippen molar-refractivity contribution in [3.8, 4) is 0 Å². The van der Waals surface area contributed by atoms with Crippen LogP contribution in [0.25, 0.3) is 0 Å². The maximum Gasteiger partial charge on any atom is 0.279 e. The molecule has 0 radical (unpaired) electrons. The fraction of sp³-hybridized carbons (Fsp3) is 0.500. The lowest BCUT2D eigenvalue weighted by Crippen LogP contribution is -3.11. The lowest BCUT2D eigenvalue weighted by molar-refractivity contribution is -0.862. The van der Waals surface area contributed by atoms with Gasteiger partial charge in [0.15, 0.2) is 30.5 Å². The second-order valence-corrected chi connectivity index (χ2v) is 6.11. The van der Waals surface area contributed by atoms with Gasteiger partial charge in [-0.15, -0.1) is 0 Å². The molecule has 5 nitrogen and oxygen atoms in total. The van der Waals surface area contributed by atoms with Gasteiger partial charge in [0.25, 0.3) is 11.8 Å². The van der Waals surface area contributed by atoms with Gasteiger partial charge in [-0.3, -0.25) is 9.59 Å². The zero-order valence-electron chi connectivity index (χ0n) is 14.0. The third-order valence-electron chi connectivity index (χ3n) is 3.28. The molecule has 8 heteroatoms. The summed E-state index contributed by atoms with van der Waals surface area (Å²) < 4.78 is 39.4. The Morgan fingerprint density at radius 2 is 1.71 bits per heavy atom.